The Morgan fingerprint density at radius 2 is 1.73 bits per heavy atom. The van der Waals surface area contributed by atoms with Crippen LogP contribution in [0.2, 0.25) is 0 Å². The van der Waals surface area contributed by atoms with Crippen LogP contribution in [-0.2, 0) is 25.6 Å². The molecule has 1 atom stereocenters. The number of nitrogens with zero attached hydrogens (tertiary/aromatic N) is 2. The Hall–Kier alpha value is -2.41. The number of esters is 2. The summed E-state index contributed by atoms with van der Waals surface area (Å²) in [6.07, 6.45) is 4.01. The van der Waals surface area contributed by atoms with Gasteiger partial charge in [-0.15, -0.1) is 0 Å². The summed E-state index contributed by atoms with van der Waals surface area (Å²) in [5.74, 6) is -0.242. The molecule has 164 valence electrons. The number of piperidine rings is 1. The Balaban J connectivity index is 1.52. The van der Waals surface area contributed by atoms with Gasteiger partial charge in [-0.25, -0.2) is 4.79 Å². The average molecular weight is 417 g/mol. The van der Waals surface area contributed by atoms with Crippen molar-refractivity contribution in [3.05, 3.63) is 35.4 Å². The van der Waals surface area contributed by atoms with Crippen molar-refractivity contribution in [2.75, 3.05) is 33.4 Å². The van der Waals surface area contributed by atoms with Gasteiger partial charge in [0.25, 0.3) is 0 Å². The lowest BCUT2D eigenvalue weighted by molar-refractivity contribution is -0.149. The molecule has 7 nitrogen and oxygen atoms in total. The fraction of sp³-hybridized carbons (Fsp3) is 0.609. The van der Waals surface area contributed by atoms with Gasteiger partial charge in [0.15, 0.2) is 0 Å². The number of carbonyl (C=O) groups is 3. The maximum Gasteiger partial charge on any atom is 0.337 e. The summed E-state index contributed by atoms with van der Waals surface area (Å²) in [7, 11) is 1.36. The second-order valence-electron chi connectivity index (χ2n) is 8.05. The Morgan fingerprint density at radius 3 is 2.37 bits per heavy atom. The van der Waals surface area contributed by atoms with Crippen molar-refractivity contribution in [2.24, 2.45) is 5.92 Å². The summed E-state index contributed by atoms with van der Waals surface area (Å²) in [5.41, 5.74) is 1.51. The third kappa shape index (κ3) is 5.59. The number of likely N-dealkylation sites (tertiary alicyclic amines) is 2. The lowest BCUT2D eigenvalue weighted by atomic mass is 9.94. The Kier molecular flexibility index (Phi) is 7.85. The molecule has 0 spiro atoms. The molecule has 0 aromatic heterocycles. The van der Waals surface area contributed by atoms with E-state index in [1.807, 2.05) is 24.0 Å². The van der Waals surface area contributed by atoms with Crippen LogP contribution in [0.15, 0.2) is 24.3 Å². The minimum atomic E-state index is -0.359. The summed E-state index contributed by atoms with van der Waals surface area (Å²) in [5, 5.41) is 0. The molecule has 1 aromatic rings. The zero-order valence-electron chi connectivity index (χ0n) is 18.0. The standard InChI is InChI=1S/C23H32N2O5/c1-3-30-23(28)19-10-13-24(14-11-19)20-8-9-21(26)25(15-12-20)16-17-4-6-18(7-5-17)22(27)29-2/h4-7,19-20H,3,8-16H2,1-2H3. The zero-order chi connectivity index (χ0) is 21.5. The molecule has 3 rings (SSSR count). The highest BCUT2D eigenvalue weighted by atomic mass is 16.5. The first-order valence-electron chi connectivity index (χ1n) is 10.9. The van der Waals surface area contributed by atoms with Crippen LogP contribution < -0.4 is 0 Å². The van der Waals surface area contributed by atoms with E-state index in [1.165, 1.54) is 7.11 Å². The number of hydrogen-bond acceptors (Lipinski definition) is 6. The summed E-state index contributed by atoms with van der Waals surface area (Å²) in [4.78, 5) is 40.5. The SMILES string of the molecule is CCOC(=O)C1CCN(C2CCC(=O)N(Cc3ccc(C(=O)OC)cc3)CC2)CC1. The van der Waals surface area contributed by atoms with Crippen molar-refractivity contribution in [3.8, 4) is 0 Å². The molecule has 0 radical (unpaired) electrons. The van der Waals surface area contributed by atoms with Crippen LogP contribution in [0, 0.1) is 5.92 Å². The normalized spacial score (nSPS) is 21.2. The molecule has 0 saturated carbocycles. The third-order valence-corrected chi connectivity index (χ3v) is 6.19. The number of ether oxygens (including phenoxy) is 2. The largest absolute Gasteiger partial charge is 0.466 e. The molecule has 2 aliphatic rings. The van der Waals surface area contributed by atoms with E-state index >= 15 is 0 Å². The predicted octanol–water partition coefficient (Wildman–Crippen LogP) is 2.63. The van der Waals surface area contributed by atoms with Crippen LogP contribution in [0.3, 0.4) is 0 Å². The van der Waals surface area contributed by atoms with Gasteiger partial charge >= 0.3 is 11.9 Å². The van der Waals surface area contributed by atoms with E-state index in [0.717, 1.165) is 50.9 Å². The Morgan fingerprint density at radius 1 is 1.03 bits per heavy atom. The molecule has 2 aliphatic heterocycles. The highest BCUT2D eigenvalue weighted by Gasteiger charge is 2.31. The van der Waals surface area contributed by atoms with Gasteiger partial charge < -0.3 is 19.3 Å². The lowest BCUT2D eigenvalue weighted by Crippen LogP contribution is -2.43. The highest BCUT2D eigenvalue weighted by molar-refractivity contribution is 5.89. The van der Waals surface area contributed by atoms with Crippen molar-refractivity contribution >= 4 is 17.8 Å². The number of amides is 1. The molecule has 7 heteroatoms. The summed E-state index contributed by atoms with van der Waals surface area (Å²) in [6, 6.07) is 7.60. The second kappa shape index (κ2) is 10.6. The van der Waals surface area contributed by atoms with Gasteiger partial charge in [-0.2, -0.15) is 0 Å². The molecule has 2 saturated heterocycles. The van der Waals surface area contributed by atoms with Crippen molar-refractivity contribution in [1.29, 1.82) is 0 Å². The first-order valence-corrected chi connectivity index (χ1v) is 10.9. The number of rotatable bonds is 6. The van der Waals surface area contributed by atoms with E-state index in [0.29, 0.717) is 31.2 Å². The van der Waals surface area contributed by atoms with Crippen LogP contribution in [-0.4, -0.2) is 67.0 Å². The molecule has 1 aromatic carbocycles. The van der Waals surface area contributed by atoms with Gasteiger partial charge in [0.2, 0.25) is 5.91 Å². The third-order valence-electron chi connectivity index (χ3n) is 6.19. The summed E-state index contributed by atoms with van der Waals surface area (Å²) < 4.78 is 9.89. The van der Waals surface area contributed by atoms with Gasteiger partial charge in [-0.1, -0.05) is 12.1 Å². The molecule has 1 amide bonds. The van der Waals surface area contributed by atoms with E-state index in [9.17, 15) is 14.4 Å². The van der Waals surface area contributed by atoms with E-state index in [2.05, 4.69) is 4.90 Å². The Bertz CT molecular complexity index is 740. The first-order chi connectivity index (χ1) is 14.5. The summed E-state index contributed by atoms with van der Waals surface area (Å²) >= 11 is 0. The highest BCUT2D eigenvalue weighted by Crippen LogP contribution is 2.25. The van der Waals surface area contributed by atoms with Gasteiger partial charge in [-0.3, -0.25) is 9.59 Å². The van der Waals surface area contributed by atoms with E-state index < -0.39 is 0 Å². The van der Waals surface area contributed by atoms with Crippen LogP contribution in [0.5, 0.6) is 0 Å². The van der Waals surface area contributed by atoms with Gasteiger partial charge in [0.1, 0.15) is 0 Å². The fourth-order valence-corrected chi connectivity index (χ4v) is 4.40. The Labute approximate surface area is 178 Å². The molecule has 0 N–H and O–H groups in total. The predicted molar refractivity (Wildman–Crippen MR) is 112 cm³/mol. The van der Waals surface area contributed by atoms with Crippen molar-refractivity contribution in [1.82, 2.24) is 9.80 Å². The monoisotopic (exact) mass is 416 g/mol. The fourth-order valence-electron chi connectivity index (χ4n) is 4.40. The second-order valence-corrected chi connectivity index (χ2v) is 8.05. The van der Waals surface area contributed by atoms with Crippen LogP contribution in [0.4, 0.5) is 0 Å². The molecule has 0 aliphatic carbocycles. The zero-order valence-corrected chi connectivity index (χ0v) is 18.0. The van der Waals surface area contributed by atoms with Crippen LogP contribution >= 0.6 is 0 Å². The van der Waals surface area contributed by atoms with Gasteiger partial charge in [0.05, 0.1) is 25.2 Å². The molecule has 1 unspecified atom stereocenters. The van der Waals surface area contributed by atoms with Gasteiger partial charge in [0, 0.05) is 25.6 Å². The van der Waals surface area contributed by atoms with E-state index in [4.69, 9.17) is 9.47 Å². The molecule has 2 heterocycles. The minimum Gasteiger partial charge on any atom is -0.466 e. The number of methoxy groups -OCH3 is 1. The van der Waals surface area contributed by atoms with E-state index in [1.54, 1.807) is 12.1 Å². The summed E-state index contributed by atoms with van der Waals surface area (Å²) in [6.45, 7) is 5.33. The number of benzene rings is 1. The van der Waals surface area contributed by atoms with Crippen LogP contribution in [0.25, 0.3) is 0 Å². The number of hydrogen-bond donors (Lipinski definition) is 0. The molecule has 30 heavy (non-hydrogen) atoms. The van der Waals surface area contributed by atoms with Crippen LogP contribution in [0.1, 0.15) is 54.9 Å². The first kappa shape index (κ1) is 22.3. The average Bonchev–Trinajstić information content (AvgIpc) is 2.96. The van der Waals surface area contributed by atoms with Crippen molar-refractivity contribution in [2.45, 2.75) is 51.6 Å². The van der Waals surface area contributed by atoms with E-state index in [-0.39, 0.29) is 23.8 Å². The van der Waals surface area contributed by atoms with Gasteiger partial charge in [-0.05, 0) is 63.4 Å². The topological polar surface area (TPSA) is 76.2 Å². The molecule has 2 fully saturated rings. The minimum absolute atomic E-state index is 0.0121. The number of carbonyl (C=O) groups excluding carboxylic acids is 3. The maximum atomic E-state index is 12.7. The van der Waals surface area contributed by atoms with Crippen molar-refractivity contribution in [3.63, 3.8) is 0 Å². The molecular weight excluding hydrogens is 384 g/mol. The lowest BCUT2D eigenvalue weighted by Gasteiger charge is -2.36. The smallest absolute Gasteiger partial charge is 0.337 e. The molecular formula is C23H32N2O5. The molecule has 0 bridgehead atoms. The quantitative estimate of drug-likeness (QED) is 0.664. The van der Waals surface area contributed by atoms with Crippen molar-refractivity contribution < 1.29 is 23.9 Å². The maximum absolute atomic E-state index is 12.7.